The molecule has 64 valence electrons. The van der Waals surface area contributed by atoms with Crippen LogP contribution in [0.25, 0.3) is 0 Å². The van der Waals surface area contributed by atoms with Crippen molar-refractivity contribution in [3.8, 4) is 5.75 Å². The molecule has 0 aromatic carbocycles. The monoisotopic (exact) mass is 168 g/mol. The number of hydrogen-bond acceptors (Lipinski definition) is 4. The maximum atomic E-state index is 10.4. The van der Waals surface area contributed by atoms with Gasteiger partial charge in [-0.2, -0.15) is 0 Å². The Morgan fingerprint density at radius 1 is 1.58 bits per heavy atom. The van der Waals surface area contributed by atoms with Crippen LogP contribution in [0.3, 0.4) is 0 Å². The number of pyridine rings is 1. The Morgan fingerprint density at radius 3 is 2.67 bits per heavy atom. The predicted molar refractivity (Wildman–Crippen MR) is 42.2 cm³/mol. The Bertz CT molecular complexity index is 312. The molecular formula is C7H8N2O3. The molecule has 5 nitrogen and oxygen atoms in total. The molecule has 0 saturated heterocycles. The van der Waals surface area contributed by atoms with Gasteiger partial charge in [-0.3, -0.25) is 15.1 Å². The summed E-state index contributed by atoms with van der Waals surface area (Å²) in [6.45, 7) is 1.71. The number of aromatic nitrogens is 1. The Labute approximate surface area is 69.1 Å². The zero-order valence-corrected chi connectivity index (χ0v) is 6.77. The van der Waals surface area contributed by atoms with Crippen molar-refractivity contribution >= 4 is 5.69 Å². The lowest BCUT2D eigenvalue weighted by atomic mass is 10.2. The van der Waals surface area contributed by atoms with E-state index in [2.05, 4.69) is 4.98 Å². The first-order chi connectivity index (χ1) is 5.66. The van der Waals surface area contributed by atoms with Gasteiger partial charge in [0.05, 0.1) is 12.0 Å². The maximum Gasteiger partial charge on any atom is 0.329 e. The first kappa shape index (κ1) is 8.45. The Kier molecular flexibility index (Phi) is 2.23. The Morgan fingerprint density at radius 2 is 2.25 bits per heavy atom. The molecule has 0 aliphatic carbocycles. The summed E-state index contributed by atoms with van der Waals surface area (Å²) in [5.74, 6) is 0.273. The normalized spacial score (nSPS) is 9.50. The highest BCUT2D eigenvalue weighted by Crippen LogP contribution is 2.28. The largest absolute Gasteiger partial charge is 0.490 e. The summed E-state index contributed by atoms with van der Waals surface area (Å²) in [6.07, 6.45) is 2.69. The van der Waals surface area contributed by atoms with Gasteiger partial charge in [0.15, 0.2) is 0 Å². The van der Waals surface area contributed by atoms with Crippen molar-refractivity contribution in [2.45, 2.75) is 6.92 Å². The lowest BCUT2D eigenvalue weighted by Crippen LogP contribution is -1.96. The molecular weight excluding hydrogens is 160 g/mol. The van der Waals surface area contributed by atoms with E-state index in [4.69, 9.17) is 4.74 Å². The van der Waals surface area contributed by atoms with Crippen molar-refractivity contribution in [1.82, 2.24) is 4.98 Å². The van der Waals surface area contributed by atoms with Crippen LogP contribution in [-0.4, -0.2) is 17.0 Å². The molecule has 0 fully saturated rings. The molecule has 0 radical (unpaired) electrons. The SMILES string of the molecule is COc1c(C)cncc1[N+](=O)[O-]. The van der Waals surface area contributed by atoms with Gasteiger partial charge in [0.25, 0.3) is 0 Å². The van der Waals surface area contributed by atoms with Crippen molar-refractivity contribution in [3.63, 3.8) is 0 Å². The maximum absolute atomic E-state index is 10.4. The van der Waals surface area contributed by atoms with E-state index in [9.17, 15) is 10.1 Å². The van der Waals surface area contributed by atoms with Gasteiger partial charge in [-0.1, -0.05) is 0 Å². The minimum Gasteiger partial charge on any atom is -0.490 e. The fourth-order valence-corrected chi connectivity index (χ4v) is 0.935. The minimum absolute atomic E-state index is 0.0995. The van der Waals surface area contributed by atoms with E-state index in [0.717, 1.165) is 0 Å². The van der Waals surface area contributed by atoms with Crippen LogP contribution in [0, 0.1) is 17.0 Å². The highest BCUT2D eigenvalue weighted by Gasteiger charge is 2.16. The molecule has 1 heterocycles. The number of ether oxygens (including phenoxy) is 1. The average molecular weight is 168 g/mol. The molecule has 0 unspecified atom stereocenters. The number of aryl methyl sites for hydroxylation is 1. The first-order valence-corrected chi connectivity index (χ1v) is 3.29. The molecule has 0 spiro atoms. The van der Waals surface area contributed by atoms with E-state index in [1.165, 1.54) is 19.5 Å². The topological polar surface area (TPSA) is 65.3 Å². The van der Waals surface area contributed by atoms with Crippen molar-refractivity contribution in [2.75, 3.05) is 7.11 Å². The standard InChI is InChI=1S/C7H8N2O3/c1-5-3-8-4-6(9(10)11)7(5)12-2/h3-4H,1-2H3. The van der Waals surface area contributed by atoms with E-state index in [1.54, 1.807) is 6.92 Å². The van der Waals surface area contributed by atoms with Crippen molar-refractivity contribution in [3.05, 3.63) is 28.1 Å². The summed E-state index contributed by atoms with van der Waals surface area (Å²) in [5, 5.41) is 10.4. The van der Waals surface area contributed by atoms with Crippen LogP contribution >= 0.6 is 0 Å². The second-order valence-electron chi connectivity index (χ2n) is 2.27. The van der Waals surface area contributed by atoms with E-state index in [0.29, 0.717) is 5.56 Å². The molecule has 0 saturated carbocycles. The summed E-state index contributed by atoms with van der Waals surface area (Å²) in [5.41, 5.74) is 0.559. The Balaban J connectivity index is 3.27. The first-order valence-electron chi connectivity index (χ1n) is 3.29. The molecule has 1 aromatic rings. The third kappa shape index (κ3) is 1.34. The van der Waals surface area contributed by atoms with Gasteiger partial charge < -0.3 is 4.74 Å². The number of methoxy groups -OCH3 is 1. The lowest BCUT2D eigenvalue weighted by Gasteiger charge is -2.02. The van der Waals surface area contributed by atoms with Gasteiger partial charge in [-0.05, 0) is 6.92 Å². The van der Waals surface area contributed by atoms with Gasteiger partial charge in [0.1, 0.15) is 6.20 Å². The van der Waals surface area contributed by atoms with E-state index >= 15 is 0 Å². The molecule has 0 aliphatic heterocycles. The van der Waals surface area contributed by atoms with Crippen LogP contribution in [0.2, 0.25) is 0 Å². The van der Waals surface area contributed by atoms with Gasteiger partial charge in [-0.15, -0.1) is 0 Å². The zero-order chi connectivity index (χ0) is 9.14. The summed E-state index contributed by atoms with van der Waals surface area (Å²) in [7, 11) is 1.40. The lowest BCUT2D eigenvalue weighted by molar-refractivity contribution is -0.386. The number of nitro groups is 1. The Hall–Kier alpha value is -1.65. The fourth-order valence-electron chi connectivity index (χ4n) is 0.935. The van der Waals surface area contributed by atoms with E-state index < -0.39 is 4.92 Å². The van der Waals surface area contributed by atoms with Crippen molar-refractivity contribution in [2.24, 2.45) is 0 Å². The molecule has 0 atom stereocenters. The second kappa shape index (κ2) is 3.17. The van der Waals surface area contributed by atoms with Crippen LogP contribution in [0.4, 0.5) is 5.69 Å². The average Bonchev–Trinajstić information content (AvgIpc) is 2.03. The van der Waals surface area contributed by atoms with Crippen LogP contribution < -0.4 is 4.74 Å². The number of hydrogen-bond donors (Lipinski definition) is 0. The highest BCUT2D eigenvalue weighted by molar-refractivity contribution is 5.48. The fraction of sp³-hybridized carbons (Fsp3) is 0.286. The molecule has 0 amide bonds. The highest BCUT2D eigenvalue weighted by atomic mass is 16.6. The third-order valence-corrected chi connectivity index (χ3v) is 1.46. The van der Waals surface area contributed by atoms with Crippen molar-refractivity contribution < 1.29 is 9.66 Å². The molecule has 1 aromatic heterocycles. The molecule has 0 N–H and O–H groups in total. The van der Waals surface area contributed by atoms with Gasteiger partial charge in [0, 0.05) is 11.8 Å². The smallest absolute Gasteiger partial charge is 0.329 e. The van der Waals surface area contributed by atoms with Crippen molar-refractivity contribution in [1.29, 1.82) is 0 Å². The summed E-state index contributed by atoms with van der Waals surface area (Å²) >= 11 is 0. The second-order valence-corrected chi connectivity index (χ2v) is 2.27. The predicted octanol–water partition coefficient (Wildman–Crippen LogP) is 1.31. The summed E-state index contributed by atoms with van der Waals surface area (Å²) in [6, 6.07) is 0. The van der Waals surface area contributed by atoms with Crippen LogP contribution in [0.1, 0.15) is 5.56 Å². The summed E-state index contributed by atoms with van der Waals surface area (Å²) in [4.78, 5) is 13.6. The molecule has 12 heavy (non-hydrogen) atoms. The van der Waals surface area contributed by atoms with Gasteiger partial charge >= 0.3 is 5.69 Å². The molecule has 5 heteroatoms. The van der Waals surface area contributed by atoms with Crippen LogP contribution in [0.5, 0.6) is 5.75 Å². The zero-order valence-electron chi connectivity index (χ0n) is 6.77. The minimum atomic E-state index is -0.515. The van der Waals surface area contributed by atoms with Gasteiger partial charge in [-0.25, -0.2) is 0 Å². The molecule has 0 bridgehead atoms. The third-order valence-electron chi connectivity index (χ3n) is 1.46. The number of rotatable bonds is 2. The van der Waals surface area contributed by atoms with Crippen LogP contribution in [-0.2, 0) is 0 Å². The summed E-state index contributed by atoms with van der Waals surface area (Å²) < 4.78 is 4.86. The van der Waals surface area contributed by atoms with Gasteiger partial charge in [0.2, 0.25) is 5.75 Å². The molecule has 0 aliphatic rings. The molecule has 1 rings (SSSR count). The van der Waals surface area contributed by atoms with E-state index in [1.807, 2.05) is 0 Å². The van der Waals surface area contributed by atoms with Crippen LogP contribution in [0.15, 0.2) is 12.4 Å². The van der Waals surface area contributed by atoms with E-state index in [-0.39, 0.29) is 11.4 Å². The quantitative estimate of drug-likeness (QED) is 0.493. The number of nitrogens with zero attached hydrogens (tertiary/aromatic N) is 2.